The normalized spacial score (nSPS) is 16.4. The average molecular weight is 411 g/mol. The lowest BCUT2D eigenvalue weighted by atomic mass is 9.93. The van der Waals surface area contributed by atoms with Crippen LogP contribution in [0.4, 0.5) is 13.2 Å². The van der Waals surface area contributed by atoms with Gasteiger partial charge in [0.15, 0.2) is 0 Å². The van der Waals surface area contributed by atoms with E-state index in [-0.39, 0.29) is 16.9 Å². The molecule has 0 saturated carbocycles. The molecule has 1 aliphatic rings. The van der Waals surface area contributed by atoms with Crippen molar-refractivity contribution in [2.24, 2.45) is 0 Å². The molecule has 0 atom stereocenters. The fourth-order valence-corrected chi connectivity index (χ4v) is 4.10. The fraction of sp³-hybridized carbons (Fsp3) is 0.500. The van der Waals surface area contributed by atoms with Gasteiger partial charge in [-0.3, -0.25) is 9.69 Å². The number of hydrogen-bond acceptors (Lipinski definition) is 4. The Morgan fingerprint density at radius 2 is 1.82 bits per heavy atom. The number of piperazine rings is 1. The topological polar surface area (TPSA) is 36.4 Å². The van der Waals surface area contributed by atoms with E-state index in [1.807, 2.05) is 0 Å². The standard InChI is InChI=1S/C20H24F3N3OS/c1-19(2,3)16-13-28-17(24-16)12-25-7-9-26(10-8-25)18(27)14-5-4-6-15(11-14)20(21,22)23/h4-6,11,13H,7-10,12H2,1-3H3. The van der Waals surface area contributed by atoms with Crippen LogP contribution in [0.5, 0.6) is 0 Å². The molecule has 28 heavy (non-hydrogen) atoms. The number of nitrogens with zero attached hydrogens (tertiary/aromatic N) is 3. The maximum atomic E-state index is 12.9. The molecular formula is C20H24F3N3OS. The lowest BCUT2D eigenvalue weighted by molar-refractivity contribution is -0.137. The van der Waals surface area contributed by atoms with E-state index in [0.29, 0.717) is 26.2 Å². The van der Waals surface area contributed by atoms with Gasteiger partial charge in [-0.1, -0.05) is 26.8 Å². The maximum absolute atomic E-state index is 12.9. The van der Waals surface area contributed by atoms with Gasteiger partial charge in [0.2, 0.25) is 0 Å². The Morgan fingerprint density at radius 3 is 2.39 bits per heavy atom. The first-order valence-corrected chi connectivity index (χ1v) is 10.1. The second-order valence-corrected chi connectivity index (χ2v) is 8.97. The first-order chi connectivity index (χ1) is 13.0. The van der Waals surface area contributed by atoms with E-state index in [9.17, 15) is 18.0 Å². The molecule has 0 bridgehead atoms. The van der Waals surface area contributed by atoms with Crippen molar-refractivity contribution in [3.8, 4) is 0 Å². The van der Waals surface area contributed by atoms with Crippen molar-refractivity contribution in [3.05, 3.63) is 51.5 Å². The van der Waals surface area contributed by atoms with Gasteiger partial charge in [-0.15, -0.1) is 11.3 Å². The molecule has 0 spiro atoms. The summed E-state index contributed by atoms with van der Waals surface area (Å²) >= 11 is 1.64. The van der Waals surface area contributed by atoms with Gasteiger partial charge in [0.05, 0.1) is 17.8 Å². The summed E-state index contributed by atoms with van der Waals surface area (Å²) in [6.07, 6.45) is -4.45. The molecular weight excluding hydrogens is 387 g/mol. The highest BCUT2D eigenvalue weighted by atomic mass is 32.1. The third-order valence-corrected chi connectivity index (χ3v) is 5.61. The summed E-state index contributed by atoms with van der Waals surface area (Å²) in [6.45, 7) is 9.45. The second-order valence-electron chi connectivity index (χ2n) is 8.02. The minimum atomic E-state index is -4.45. The molecule has 1 aromatic heterocycles. The van der Waals surface area contributed by atoms with Crippen LogP contribution in [0.15, 0.2) is 29.6 Å². The van der Waals surface area contributed by atoms with Gasteiger partial charge >= 0.3 is 6.18 Å². The number of rotatable bonds is 3. The Morgan fingerprint density at radius 1 is 1.14 bits per heavy atom. The van der Waals surface area contributed by atoms with Crippen LogP contribution in [0.1, 0.15) is 47.4 Å². The van der Waals surface area contributed by atoms with E-state index >= 15 is 0 Å². The van der Waals surface area contributed by atoms with Crippen LogP contribution in [0.3, 0.4) is 0 Å². The minimum absolute atomic E-state index is 0.0187. The molecule has 1 amide bonds. The Hall–Kier alpha value is -1.93. The Balaban J connectivity index is 1.58. The van der Waals surface area contributed by atoms with E-state index in [4.69, 9.17) is 4.98 Å². The van der Waals surface area contributed by atoms with Crippen molar-refractivity contribution in [3.63, 3.8) is 0 Å². The molecule has 1 aliphatic heterocycles. The highest BCUT2D eigenvalue weighted by molar-refractivity contribution is 7.09. The predicted molar refractivity (Wildman–Crippen MR) is 103 cm³/mol. The highest BCUT2D eigenvalue weighted by Crippen LogP contribution is 2.30. The minimum Gasteiger partial charge on any atom is -0.336 e. The Kier molecular flexibility index (Phi) is 5.82. The summed E-state index contributed by atoms with van der Waals surface area (Å²) in [4.78, 5) is 21.1. The molecule has 1 fully saturated rings. The number of benzene rings is 1. The van der Waals surface area contributed by atoms with Crippen LogP contribution < -0.4 is 0 Å². The zero-order valence-corrected chi connectivity index (χ0v) is 17.0. The molecule has 0 aliphatic carbocycles. The number of aromatic nitrogens is 1. The zero-order valence-electron chi connectivity index (χ0n) is 16.2. The number of amides is 1. The SMILES string of the molecule is CC(C)(C)c1csc(CN2CCN(C(=O)c3cccc(C(F)(F)F)c3)CC2)n1. The van der Waals surface area contributed by atoms with Crippen molar-refractivity contribution in [1.82, 2.24) is 14.8 Å². The molecule has 2 aromatic rings. The fourth-order valence-electron chi connectivity index (χ4n) is 3.04. The van der Waals surface area contributed by atoms with Crippen molar-refractivity contribution >= 4 is 17.2 Å². The predicted octanol–water partition coefficient (Wildman–Crippen LogP) is 4.42. The molecule has 3 rings (SSSR count). The van der Waals surface area contributed by atoms with Crippen molar-refractivity contribution < 1.29 is 18.0 Å². The van der Waals surface area contributed by atoms with Gasteiger partial charge in [0, 0.05) is 42.5 Å². The van der Waals surface area contributed by atoms with E-state index in [1.165, 1.54) is 12.1 Å². The first kappa shape index (κ1) is 20.8. The van der Waals surface area contributed by atoms with E-state index in [0.717, 1.165) is 29.4 Å². The summed E-state index contributed by atoms with van der Waals surface area (Å²) in [5.41, 5.74) is 0.379. The average Bonchev–Trinajstić information content (AvgIpc) is 3.10. The number of hydrogen-bond donors (Lipinski definition) is 0. The lowest BCUT2D eigenvalue weighted by Gasteiger charge is -2.34. The molecule has 8 heteroatoms. The van der Waals surface area contributed by atoms with Crippen LogP contribution in [0, 0.1) is 0 Å². The van der Waals surface area contributed by atoms with Gasteiger partial charge in [0.25, 0.3) is 5.91 Å². The van der Waals surface area contributed by atoms with E-state index in [1.54, 1.807) is 16.2 Å². The number of carbonyl (C=O) groups excluding carboxylic acids is 1. The first-order valence-electron chi connectivity index (χ1n) is 9.18. The molecule has 0 N–H and O–H groups in total. The number of alkyl halides is 3. The third-order valence-electron chi connectivity index (χ3n) is 4.78. The molecule has 0 unspecified atom stereocenters. The molecule has 2 heterocycles. The summed E-state index contributed by atoms with van der Waals surface area (Å²) in [5, 5.41) is 3.13. The highest BCUT2D eigenvalue weighted by Gasteiger charge is 2.31. The monoisotopic (exact) mass is 411 g/mol. The van der Waals surface area contributed by atoms with Crippen LogP contribution >= 0.6 is 11.3 Å². The van der Waals surface area contributed by atoms with E-state index in [2.05, 4.69) is 31.1 Å². The molecule has 152 valence electrons. The van der Waals surface area contributed by atoms with Crippen molar-refractivity contribution in [1.29, 1.82) is 0 Å². The van der Waals surface area contributed by atoms with Crippen molar-refractivity contribution in [2.75, 3.05) is 26.2 Å². The van der Waals surface area contributed by atoms with Gasteiger partial charge in [-0.25, -0.2) is 4.98 Å². The number of carbonyl (C=O) groups is 1. The third kappa shape index (κ3) is 4.91. The summed E-state index contributed by atoms with van der Waals surface area (Å²) in [7, 11) is 0. The van der Waals surface area contributed by atoms with Crippen LogP contribution in [0.2, 0.25) is 0 Å². The van der Waals surface area contributed by atoms with Crippen LogP contribution in [-0.4, -0.2) is 46.9 Å². The Labute approximate surface area is 167 Å². The quantitative estimate of drug-likeness (QED) is 0.750. The van der Waals surface area contributed by atoms with Gasteiger partial charge < -0.3 is 4.90 Å². The smallest absolute Gasteiger partial charge is 0.336 e. The van der Waals surface area contributed by atoms with Gasteiger partial charge in [0.1, 0.15) is 5.01 Å². The summed E-state index contributed by atoms with van der Waals surface area (Å²) in [5.74, 6) is -0.352. The molecule has 1 saturated heterocycles. The van der Waals surface area contributed by atoms with E-state index < -0.39 is 11.7 Å². The molecule has 1 aromatic carbocycles. The van der Waals surface area contributed by atoms with Crippen LogP contribution in [0.25, 0.3) is 0 Å². The van der Waals surface area contributed by atoms with Crippen molar-refractivity contribution in [2.45, 2.75) is 38.9 Å². The largest absolute Gasteiger partial charge is 0.416 e. The number of halogens is 3. The Bertz CT molecular complexity index is 834. The summed E-state index contributed by atoms with van der Waals surface area (Å²) < 4.78 is 38.6. The van der Waals surface area contributed by atoms with Gasteiger partial charge in [-0.2, -0.15) is 13.2 Å². The van der Waals surface area contributed by atoms with Gasteiger partial charge in [-0.05, 0) is 18.2 Å². The molecule has 4 nitrogen and oxygen atoms in total. The second kappa shape index (κ2) is 7.83. The lowest BCUT2D eigenvalue weighted by Crippen LogP contribution is -2.48. The molecule has 0 radical (unpaired) electrons. The zero-order chi connectivity index (χ0) is 20.5. The summed E-state index contributed by atoms with van der Waals surface area (Å²) in [6, 6.07) is 4.63. The van der Waals surface area contributed by atoms with Crippen LogP contribution in [-0.2, 0) is 18.1 Å². The maximum Gasteiger partial charge on any atom is 0.416 e. The number of thiazole rings is 1.